The van der Waals surface area contributed by atoms with Crippen LogP contribution in [-0.4, -0.2) is 56.4 Å². The van der Waals surface area contributed by atoms with E-state index in [1.165, 1.54) is 31.9 Å². The number of nitrogens with one attached hydrogen (secondary N) is 1. The largest absolute Gasteiger partial charge is 0.341 e. The van der Waals surface area contributed by atoms with Gasteiger partial charge in [0.25, 0.3) is 0 Å². The molecule has 5 nitrogen and oxygen atoms in total. The molecule has 0 spiro atoms. The minimum Gasteiger partial charge on any atom is -0.341 e. The zero-order valence-electron chi connectivity index (χ0n) is 13.2. The second-order valence-electron chi connectivity index (χ2n) is 7.03. The first kappa shape index (κ1) is 18.0. The molecule has 22 heavy (non-hydrogen) atoms. The van der Waals surface area contributed by atoms with Crippen molar-refractivity contribution in [2.75, 3.05) is 32.4 Å². The Kier molecular flexibility index (Phi) is 5.45. The maximum Gasteiger partial charge on any atom is 0.244 e. The molecule has 3 fully saturated rings. The molecule has 2 heterocycles. The number of fused-ring (bicyclic) bond motifs is 1. The molecule has 1 N–H and O–H groups in total. The van der Waals surface area contributed by atoms with Crippen molar-refractivity contribution in [2.24, 2.45) is 11.8 Å². The molecule has 0 aromatic carbocycles. The van der Waals surface area contributed by atoms with E-state index in [9.17, 15) is 13.2 Å². The van der Waals surface area contributed by atoms with E-state index >= 15 is 0 Å². The van der Waals surface area contributed by atoms with Gasteiger partial charge < -0.3 is 10.2 Å². The molecule has 3 aliphatic rings. The van der Waals surface area contributed by atoms with Crippen LogP contribution in [0.2, 0.25) is 0 Å². The van der Waals surface area contributed by atoms with Crippen molar-refractivity contribution in [3.05, 3.63) is 0 Å². The zero-order chi connectivity index (χ0) is 15.1. The lowest BCUT2D eigenvalue weighted by Gasteiger charge is -2.37. The molecule has 2 atom stereocenters. The minimum atomic E-state index is -3.39. The molecular formula is C15H27ClN2O3S. The summed E-state index contributed by atoms with van der Waals surface area (Å²) in [5.74, 6) is 1.07. The second kappa shape index (κ2) is 6.65. The number of hydrogen-bond acceptors (Lipinski definition) is 4. The van der Waals surface area contributed by atoms with Crippen molar-refractivity contribution in [1.82, 2.24) is 10.2 Å². The number of carbonyl (C=O) groups is 1. The third-order valence-electron chi connectivity index (χ3n) is 5.77. The molecule has 0 radical (unpaired) electrons. The van der Waals surface area contributed by atoms with Gasteiger partial charge in [-0.15, -0.1) is 12.4 Å². The van der Waals surface area contributed by atoms with E-state index < -0.39 is 14.6 Å². The average Bonchev–Trinajstić information content (AvgIpc) is 2.90. The molecule has 0 bridgehead atoms. The van der Waals surface area contributed by atoms with Crippen LogP contribution in [-0.2, 0) is 14.6 Å². The number of hydrogen-bond donors (Lipinski definition) is 1. The molecule has 2 unspecified atom stereocenters. The van der Waals surface area contributed by atoms with Gasteiger partial charge in [-0.2, -0.15) is 0 Å². The van der Waals surface area contributed by atoms with E-state index in [-0.39, 0.29) is 18.3 Å². The van der Waals surface area contributed by atoms with Crippen LogP contribution in [0.5, 0.6) is 0 Å². The van der Waals surface area contributed by atoms with Gasteiger partial charge in [0.1, 0.15) is 0 Å². The van der Waals surface area contributed by atoms with Crippen LogP contribution in [0.1, 0.15) is 38.5 Å². The number of rotatable bonds is 2. The Morgan fingerprint density at radius 1 is 1.09 bits per heavy atom. The fourth-order valence-corrected chi connectivity index (χ4v) is 5.83. The van der Waals surface area contributed by atoms with E-state index in [0.29, 0.717) is 37.8 Å². The van der Waals surface area contributed by atoms with Crippen LogP contribution >= 0.6 is 12.4 Å². The SMILES string of the molecule is CS(=O)(=O)C1(C(=O)N2CC3CCCCC3C2)CCNCC1.Cl. The topological polar surface area (TPSA) is 66.5 Å². The van der Waals surface area contributed by atoms with Gasteiger partial charge in [0.05, 0.1) is 0 Å². The van der Waals surface area contributed by atoms with E-state index in [1.54, 1.807) is 0 Å². The van der Waals surface area contributed by atoms with Gasteiger partial charge in [0.15, 0.2) is 14.6 Å². The minimum absolute atomic E-state index is 0. The Balaban J connectivity index is 0.00000176. The Morgan fingerprint density at radius 2 is 1.59 bits per heavy atom. The monoisotopic (exact) mass is 350 g/mol. The molecule has 2 aliphatic heterocycles. The lowest BCUT2D eigenvalue weighted by Crippen LogP contribution is -2.58. The molecule has 2 saturated heterocycles. The summed E-state index contributed by atoms with van der Waals surface area (Å²) in [4.78, 5) is 14.9. The lowest BCUT2D eigenvalue weighted by atomic mass is 9.82. The molecule has 1 amide bonds. The number of piperidine rings is 1. The molecule has 3 rings (SSSR count). The number of nitrogens with zero attached hydrogens (tertiary/aromatic N) is 1. The average molecular weight is 351 g/mol. The van der Waals surface area contributed by atoms with Gasteiger partial charge in [-0.25, -0.2) is 8.42 Å². The summed E-state index contributed by atoms with van der Waals surface area (Å²) in [5.41, 5.74) is 0. The molecule has 0 aromatic heterocycles. The molecule has 1 saturated carbocycles. The molecule has 7 heteroatoms. The Bertz CT molecular complexity index is 503. The van der Waals surface area contributed by atoms with E-state index in [2.05, 4.69) is 5.32 Å². The van der Waals surface area contributed by atoms with Crippen LogP contribution in [0.4, 0.5) is 0 Å². The summed E-state index contributed by atoms with van der Waals surface area (Å²) >= 11 is 0. The number of halogens is 1. The third-order valence-corrected chi connectivity index (χ3v) is 7.78. The van der Waals surface area contributed by atoms with Crippen molar-refractivity contribution >= 4 is 28.2 Å². The van der Waals surface area contributed by atoms with Gasteiger partial charge in [-0.05, 0) is 50.6 Å². The van der Waals surface area contributed by atoms with Crippen LogP contribution in [0, 0.1) is 11.8 Å². The Labute approximate surface area is 139 Å². The second-order valence-corrected chi connectivity index (χ2v) is 9.36. The van der Waals surface area contributed by atoms with Crippen LogP contribution < -0.4 is 5.32 Å². The van der Waals surface area contributed by atoms with Crippen molar-refractivity contribution in [3.63, 3.8) is 0 Å². The van der Waals surface area contributed by atoms with Crippen LogP contribution in [0.25, 0.3) is 0 Å². The molecule has 1 aliphatic carbocycles. The predicted molar refractivity (Wildman–Crippen MR) is 89.0 cm³/mol. The molecule has 128 valence electrons. The lowest BCUT2D eigenvalue weighted by molar-refractivity contribution is -0.134. The summed E-state index contributed by atoms with van der Waals surface area (Å²) in [6.45, 7) is 2.77. The first-order valence-electron chi connectivity index (χ1n) is 8.14. The van der Waals surface area contributed by atoms with Gasteiger partial charge in [-0.1, -0.05) is 12.8 Å². The van der Waals surface area contributed by atoms with Gasteiger partial charge in [-0.3, -0.25) is 4.79 Å². The van der Waals surface area contributed by atoms with Crippen molar-refractivity contribution in [1.29, 1.82) is 0 Å². The van der Waals surface area contributed by atoms with E-state index in [4.69, 9.17) is 0 Å². The van der Waals surface area contributed by atoms with Crippen LogP contribution in [0.15, 0.2) is 0 Å². The highest BCUT2D eigenvalue weighted by atomic mass is 35.5. The highest BCUT2D eigenvalue weighted by molar-refractivity contribution is 7.92. The van der Waals surface area contributed by atoms with Gasteiger partial charge >= 0.3 is 0 Å². The summed E-state index contributed by atoms with van der Waals surface area (Å²) in [5, 5.41) is 3.17. The molecule has 0 aromatic rings. The summed E-state index contributed by atoms with van der Waals surface area (Å²) < 4.78 is 23.5. The third kappa shape index (κ3) is 3.02. The van der Waals surface area contributed by atoms with E-state index in [0.717, 1.165) is 13.1 Å². The van der Waals surface area contributed by atoms with Crippen molar-refractivity contribution in [3.8, 4) is 0 Å². The highest BCUT2D eigenvalue weighted by Crippen LogP contribution is 2.39. The fourth-order valence-electron chi connectivity index (χ4n) is 4.43. The van der Waals surface area contributed by atoms with Gasteiger partial charge in [0.2, 0.25) is 5.91 Å². The quantitative estimate of drug-likeness (QED) is 0.813. The Hall–Kier alpha value is -0.330. The number of carbonyl (C=O) groups excluding carboxylic acids is 1. The fraction of sp³-hybridized carbons (Fsp3) is 0.933. The predicted octanol–water partition coefficient (Wildman–Crippen LogP) is 1.22. The number of likely N-dealkylation sites (tertiary alicyclic amines) is 1. The standard InChI is InChI=1S/C15H26N2O3S.ClH/c1-21(19,20)15(6-8-16-9-7-15)14(18)17-10-12-4-2-3-5-13(12)11-17;/h12-13,16H,2-11H2,1H3;1H. The summed E-state index contributed by atoms with van der Waals surface area (Å²) in [6.07, 6.45) is 6.96. The van der Waals surface area contributed by atoms with Gasteiger partial charge in [0, 0.05) is 19.3 Å². The first-order valence-corrected chi connectivity index (χ1v) is 10.0. The van der Waals surface area contributed by atoms with Crippen molar-refractivity contribution in [2.45, 2.75) is 43.3 Å². The smallest absolute Gasteiger partial charge is 0.244 e. The Morgan fingerprint density at radius 3 is 2.05 bits per heavy atom. The number of amides is 1. The normalized spacial score (nSPS) is 31.2. The zero-order valence-corrected chi connectivity index (χ0v) is 14.8. The highest BCUT2D eigenvalue weighted by Gasteiger charge is 2.52. The van der Waals surface area contributed by atoms with E-state index in [1.807, 2.05) is 4.90 Å². The maximum atomic E-state index is 13.0. The number of sulfone groups is 1. The maximum absolute atomic E-state index is 13.0. The molecular weight excluding hydrogens is 324 g/mol. The first-order chi connectivity index (χ1) is 9.94. The summed E-state index contributed by atoms with van der Waals surface area (Å²) in [7, 11) is -3.39. The van der Waals surface area contributed by atoms with Crippen LogP contribution in [0.3, 0.4) is 0 Å². The van der Waals surface area contributed by atoms with Crippen molar-refractivity contribution < 1.29 is 13.2 Å². The summed E-state index contributed by atoms with van der Waals surface area (Å²) in [6, 6.07) is 0.